The molecule has 0 bridgehead atoms. The molecule has 27 heavy (non-hydrogen) atoms. The van der Waals surface area contributed by atoms with Crippen LogP contribution in [0, 0.1) is 0 Å². The first-order valence-corrected chi connectivity index (χ1v) is 9.47. The van der Waals surface area contributed by atoms with Gasteiger partial charge in [0.15, 0.2) is 5.13 Å². The first-order valence-electron chi connectivity index (χ1n) is 8.66. The maximum atomic E-state index is 15.1. The second-order valence-corrected chi connectivity index (χ2v) is 8.50. The Morgan fingerprint density at radius 2 is 2.00 bits per heavy atom. The first kappa shape index (κ1) is 19.3. The molecule has 1 aliphatic heterocycles. The molecule has 0 spiro atoms. The van der Waals surface area contributed by atoms with Gasteiger partial charge in [-0.3, -0.25) is 10.1 Å². The van der Waals surface area contributed by atoms with Crippen LogP contribution in [0.3, 0.4) is 0 Å². The fraction of sp³-hybridized carbons (Fsp3) is 0.421. The number of anilines is 1. The van der Waals surface area contributed by atoms with E-state index in [4.69, 9.17) is 4.74 Å². The van der Waals surface area contributed by atoms with E-state index in [1.54, 1.807) is 27.0 Å². The van der Waals surface area contributed by atoms with Crippen LogP contribution in [0.15, 0.2) is 36.5 Å². The molecule has 1 saturated heterocycles. The summed E-state index contributed by atoms with van der Waals surface area (Å²) in [7, 11) is 0. The number of ether oxygens (including phenoxy) is 1. The van der Waals surface area contributed by atoms with Crippen molar-refractivity contribution in [1.29, 1.82) is 0 Å². The Hall–Kier alpha value is -2.48. The van der Waals surface area contributed by atoms with Gasteiger partial charge in [0.1, 0.15) is 5.60 Å². The van der Waals surface area contributed by atoms with Gasteiger partial charge in [-0.2, -0.15) is 0 Å². The molecular weight excluding hydrogens is 369 g/mol. The van der Waals surface area contributed by atoms with Gasteiger partial charge < -0.3 is 9.64 Å². The number of likely N-dealkylation sites (tertiary alicyclic amines) is 1. The van der Waals surface area contributed by atoms with E-state index in [0.29, 0.717) is 5.13 Å². The van der Waals surface area contributed by atoms with E-state index in [1.807, 2.05) is 30.3 Å². The summed E-state index contributed by atoms with van der Waals surface area (Å²) in [6.07, 6.45) is 0.951. The molecule has 2 aromatic rings. The Morgan fingerprint density at radius 1 is 1.30 bits per heavy atom. The maximum Gasteiger partial charge on any atom is 0.410 e. The average molecular weight is 391 g/mol. The SMILES string of the molecule is CC(C)(C)OC(=O)N1CCC(F)(C(=O)Nc2ncc(-c3ccccc3)s2)C1. The minimum Gasteiger partial charge on any atom is -0.444 e. The summed E-state index contributed by atoms with van der Waals surface area (Å²) >= 11 is 1.27. The normalized spacial score (nSPS) is 19.8. The third-order valence-corrected chi connectivity index (χ3v) is 5.02. The molecule has 0 radical (unpaired) electrons. The van der Waals surface area contributed by atoms with Gasteiger partial charge in [0.25, 0.3) is 5.91 Å². The summed E-state index contributed by atoms with van der Waals surface area (Å²) < 4.78 is 20.3. The average Bonchev–Trinajstić information content (AvgIpc) is 3.22. The molecule has 8 heteroatoms. The van der Waals surface area contributed by atoms with Crippen molar-refractivity contribution in [3.05, 3.63) is 36.5 Å². The van der Waals surface area contributed by atoms with Gasteiger partial charge in [0, 0.05) is 19.2 Å². The summed E-state index contributed by atoms with van der Waals surface area (Å²) in [6, 6.07) is 9.61. The van der Waals surface area contributed by atoms with Crippen LogP contribution in [-0.4, -0.2) is 46.2 Å². The van der Waals surface area contributed by atoms with Crippen molar-refractivity contribution in [3.63, 3.8) is 0 Å². The lowest BCUT2D eigenvalue weighted by Gasteiger charge is -2.25. The standard InChI is InChI=1S/C19H22FN3O3S/c1-18(2,3)26-17(25)23-10-9-19(20,12-23)15(24)22-16-21-11-14(27-16)13-7-5-4-6-8-13/h4-8,11H,9-10,12H2,1-3H3,(H,21,22,24). The lowest BCUT2D eigenvalue weighted by atomic mass is 10.1. The van der Waals surface area contributed by atoms with Crippen molar-refractivity contribution >= 4 is 28.5 Å². The number of aromatic nitrogens is 1. The first-order chi connectivity index (χ1) is 12.7. The van der Waals surface area contributed by atoms with Gasteiger partial charge in [-0.05, 0) is 26.3 Å². The number of nitrogens with one attached hydrogen (secondary N) is 1. The highest BCUT2D eigenvalue weighted by Crippen LogP contribution is 2.32. The molecule has 0 saturated carbocycles. The van der Waals surface area contributed by atoms with E-state index in [0.717, 1.165) is 10.4 Å². The van der Waals surface area contributed by atoms with Crippen LogP contribution in [0.5, 0.6) is 0 Å². The lowest BCUT2D eigenvalue weighted by Crippen LogP contribution is -2.43. The van der Waals surface area contributed by atoms with Crippen LogP contribution in [0.1, 0.15) is 27.2 Å². The molecule has 1 aromatic heterocycles. The number of benzene rings is 1. The van der Waals surface area contributed by atoms with E-state index < -0.39 is 23.3 Å². The number of thiazole rings is 1. The number of halogens is 1. The Kier molecular flexibility index (Phi) is 5.19. The molecule has 1 unspecified atom stereocenters. The molecule has 1 atom stereocenters. The summed E-state index contributed by atoms with van der Waals surface area (Å²) in [4.78, 5) is 30.8. The van der Waals surface area contributed by atoms with Gasteiger partial charge in [-0.15, -0.1) is 0 Å². The highest BCUT2D eigenvalue weighted by atomic mass is 32.1. The number of carbonyl (C=O) groups is 2. The summed E-state index contributed by atoms with van der Waals surface area (Å²) in [6.45, 7) is 5.02. The van der Waals surface area contributed by atoms with Crippen molar-refractivity contribution in [2.45, 2.75) is 38.5 Å². The summed E-state index contributed by atoms with van der Waals surface area (Å²) in [5.74, 6) is -0.789. The van der Waals surface area contributed by atoms with E-state index in [1.165, 1.54) is 16.2 Å². The second kappa shape index (κ2) is 7.26. The Morgan fingerprint density at radius 3 is 2.67 bits per heavy atom. The minimum absolute atomic E-state index is 0.0744. The van der Waals surface area contributed by atoms with Crippen LogP contribution >= 0.6 is 11.3 Å². The highest BCUT2D eigenvalue weighted by molar-refractivity contribution is 7.19. The smallest absolute Gasteiger partial charge is 0.410 e. The van der Waals surface area contributed by atoms with Crippen molar-refractivity contribution in [2.24, 2.45) is 0 Å². The van der Waals surface area contributed by atoms with Gasteiger partial charge in [-0.25, -0.2) is 14.2 Å². The van der Waals surface area contributed by atoms with E-state index >= 15 is 4.39 Å². The molecule has 3 rings (SSSR count). The number of rotatable bonds is 3. The van der Waals surface area contributed by atoms with Crippen molar-refractivity contribution < 1.29 is 18.7 Å². The number of carbonyl (C=O) groups excluding carboxylic acids is 2. The maximum absolute atomic E-state index is 15.1. The van der Waals surface area contributed by atoms with Crippen LogP contribution in [0.25, 0.3) is 10.4 Å². The fourth-order valence-electron chi connectivity index (χ4n) is 2.72. The summed E-state index contributed by atoms with van der Waals surface area (Å²) in [5.41, 5.74) is -1.85. The molecule has 1 aromatic carbocycles. The zero-order chi connectivity index (χ0) is 19.7. The van der Waals surface area contributed by atoms with E-state index in [9.17, 15) is 9.59 Å². The third kappa shape index (κ3) is 4.63. The predicted octanol–water partition coefficient (Wildman–Crippen LogP) is 4.10. The third-order valence-electron chi connectivity index (χ3n) is 4.06. The van der Waals surface area contributed by atoms with Crippen LogP contribution in [0.2, 0.25) is 0 Å². The minimum atomic E-state index is -2.16. The number of nitrogens with zero attached hydrogens (tertiary/aromatic N) is 2. The van der Waals surface area contributed by atoms with Gasteiger partial charge in [-0.1, -0.05) is 41.7 Å². The van der Waals surface area contributed by atoms with Gasteiger partial charge in [0.2, 0.25) is 5.67 Å². The molecule has 1 N–H and O–H groups in total. The fourth-order valence-corrected chi connectivity index (χ4v) is 3.53. The van der Waals surface area contributed by atoms with Gasteiger partial charge >= 0.3 is 6.09 Å². The number of hydrogen-bond acceptors (Lipinski definition) is 5. The van der Waals surface area contributed by atoms with Crippen LogP contribution < -0.4 is 5.32 Å². The lowest BCUT2D eigenvalue weighted by molar-refractivity contribution is -0.126. The highest BCUT2D eigenvalue weighted by Gasteiger charge is 2.47. The van der Waals surface area contributed by atoms with E-state index in [2.05, 4.69) is 10.3 Å². The Balaban J connectivity index is 1.63. The Labute approximate surface area is 161 Å². The van der Waals surface area contributed by atoms with Crippen molar-refractivity contribution in [3.8, 4) is 10.4 Å². The zero-order valence-corrected chi connectivity index (χ0v) is 16.3. The van der Waals surface area contributed by atoms with Crippen molar-refractivity contribution in [1.82, 2.24) is 9.88 Å². The molecular formula is C19H22FN3O3S. The van der Waals surface area contributed by atoms with E-state index in [-0.39, 0.29) is 19.5 Å². The zero-order valence-electron chi connectivity index (χ0n) is 15.5. The second-order valence-electron chi connectivity index (χ2n) is 7.47. The number of alkyl halides is 1. The monoisotopic (exact) mass is 391 g/mol. The molecule has 0 aliphatic carbocycles. The quantitative estimate of drug-likeness (QED) is 0.855. The largest absolute Gasteiger partial charge is 0.444 e. The molecule has 2 amide bonds. The molecule has 2 heterocycles. The van der Waals surface area contributed by atoms with Gasteiger partial charge in [0.05, 0.1) is 11.4 Å². The molecule has 6 nitrogen and oxygen atoms in total. The molecule has 1 fully saturated rings. The topological polar surface area (TPSA) is 71.5 Å². The molecule has 1 aliphatic rings. The van der Waals surface area contributed by atoms with Crippen molar-refractivity contribution in [2.75, 3.05) is 18.4 Å². The van der Waals surface area contributed by atoms with Crippen LogP contribution in [-0.2, 0) is 9.53 Å². The van der Waals surface area contributed by atoms with Crippen LogP contribution in [0.4, 0.5) is 14.3 Å². The number of hydrogen-bond donors (Lipinski definition) is 1. The summed E-state index contributed by atoms with van der Waals surface area (Å²) in [5, 5.41) is 2.86. The Bertz CT molecular complexity index is 834. The molecule has 144 valence electrons. The number of amides is 2. The predicted molar refractivity (Wildman–Crippen MR) is 102 cm³/mol.